The smallest absolute Gasteiger partial charge is 0.223 e. The van der Waals surface area contributed by atoms with Crippen molar-refractivity contribution in [2.24, 2.45) is 17.8 Å². The number of amides is 1. The van der Waals surface area contributed by atoms with E-state index in [4.69, 9.17) is 4.74 Å². The predicted octanol–water partition coefficient (Wildman–Crippen LogP) is 0.183. The molecule has 10 atom stereocenters. The molecule has 0 aliphatic carbocycles. The highest BCUT2D eigenvalue weighted by Crippen LogP contribution is 2.31. The standard InChI is InChI=1S/C21H41NO7/c1-8-15-21(7,28)18(25)14(5)22-19(26)11(2)9-20(6,27)17(24)13(4)16(23)12(3)10-29-15/h11-18,23-25,27-28H,8-10H2,1-7H3,(H,22,26)/t11-,12-,13+,14-,15-,16+,17-,18-,20-,21-/m1/s1. The topological polar surface area (TPSA) is 139 Å². The minimum Gasteiger partial charge on any atom is -0.392 e. The fraction of sp³-hybridized carbons (Fsp3) is 0.952. The van der Waals surface area contributed by atoms with Crippen LogP contribution in [0, 0.1) is 17.8 Å². The van der Waals surface area contributed by atoms with E-state index in [0.717, 1.165) is 0 Å². The molecule has 1 aliphatic heterocycles. The van der Waals surface area contributed by atoms with Gasteiger partial charge in [-0.2, -0.15) is 0 Å². The van der Waals surface area contributed by atoms with Crippen molar-refractivity contribution in [3.63, 3.8) is 0 Å². The molecule has 1 heterocycles. The lowest BCUT2D eigenvalue weighted by Crippen LogP contribution is -2.59. The van der Waals surface area contributed by atoms with Gasteiger partial charge in [-0.1, -0.05) is 27.7 Å². The summed E-state index contributed by atoms with van der Waals surface area (Å²) in [5.74, 6) is -2.14. The van der Waals surface area contributed by atoms with Gasteiger partial charge in [0.05, 0.1) is 36.6 Å². The molecule has 172 valence electrons. The number of ether oxygens (including phenoxy) is 1. The summed E-state index contributed by atoms with van der Waals surface area (Å²) < 4.78 is 5.84. The molecule has 8 heteroatoms. The van der Waals surface area contributed by atoms with Gasteiger partial charge in [-0.15, -0.1) is 0 Å². The molecule has 6 N–H and O–H groups in total. The molecule has 0 spiro atoms. The van der Waals surface area contributed by atoms with Crippen molar-refractivity contribution in [2.45, 2.75) is 103 Å². The lowest BCUT2D eigenvalue weighted by atomic mass is 9.78. The molecule has 29 heavy (non-hydrogen) atoms. The number of aliphatic hydroxyl groups is 5. The first-order valence-corrected chi connectivity index (χ1v) is 10.6. The van der Waals surface area contributed by atoms with Gasteiger partial charge in [-0.25, -0.2) is 0 Å². The molecule has 1 saturated heterocycles. The molecule has 0 aromatic carbocycles. The first-order valence-electron chi connectivity index (χ1n) is 10.6. The Morgan fingerprint density at radius 1 is 1.07 bits per heavy atom. The van der Waals surface area contributed by atoms with Gasteiger partial charge in [0.25, 0.3) is 0 Å². The molecule has 0 unspecified atom stereocenters. The van der Waals surface area contributed by atoms with Crippen LogP contribution in [0.2, 0.25) is 0 Å². The van der Waals surface area contributed by atoms with Gasteiger partial charge in [0.15, 0.2) is 0 Å². The van der Waals surface area contributed by atoms with E-state index >= 15 is 0 Å². The summed E-state index contributed by atoms with van der Waals surface area (Å²) in [6, 6.07) is -0.764. The number of carbonyl (C=O) groups excluding carboxylic acids is 1. The Morgan fingerprint density at radius 2 is 1.62 bits per heavy atom. The van der Waals surface area contributed by atoms with Crippen LogP contribution in [0.15, 0.2) is 0 Å². The second-order valence-corrected chi connectivity index (χ2v) is 9.43. The van der Waals surface area contributed by atoms with Crippen LogP contribution in [0.3, 0.4) is 0 Å². The second-order valence-electron chi connectivity index (χ2n) is 9.43. The Labute approximate surface area is 174 Å². The number of nitrogens with one attached hydrogen (secondary N) is 1. The zero-order valence-electron chi connectivity index (χ0n) is 18.8. The average molecular weight is 420 g/mol. The minimum atomic E-state index is -1.63. The van der Waals surface area contributed by atoms with E-state index in [1.807, 2.05) is 6.92 Å². The number of hydrogen-bond donors (Lipinski definition) is 6. The highest BCUT2D eigenvalue weighted by Gasteiger charge is 2.45. The number of hydrogen-bond acceptors (Lipinski definition) is 7. The molecular formula is C21H41NO7. The third-order valence-electron chi connectivity index (χ3n) is 6.45. The normalized spacial score (nSPS) is 49.0. The molecule has 8 nitrogen and oxygen atoms in total. The van der Waals surface area contributed by atoms with Crippen molar-refractivity contribution in [3.05, 3.63) is 0 Å². The summed E-state index contributed by atoms with van der Waals surface area (Å²) in [6.07, 6.45) is -3.86. The Kier molecular flexibility index (Phi) is 9.08. The molecule has 0 radical (unpaired) electrons. The van der Waals surface area contributed by atoms with E-state index in [9.17, 15) is 30.3 Å². The van der Waals surface area contributed by atoms with Gasteiger partial charge in [0, 0.05) is 17.8 Å². The maximum Gasteiger partial charge on any atom is 0.223 e. The number of aliphatic hydroxyl groups excluding tert-OH is 3. The fourth-order valence-electron chi connectivity index (χ4n) is 4.31. The van der Waals surface area contributed by atoms with Gasteiger partial charge in [0.2, 0.25) is 5.91 Å². The van der Waals surface area contributed by atoms with E-state index in [2.05, 4.69) is 5.32 Å². The summed E-state index contributed by atoms with van der Waals surface area (Å²) in [7, 11) is 0. The number of rotatable bonds is 1. The molecule has 1 fully saturated rings. The average Bonchev–Trinajstić information content (AvgIpc) is 2.64. The van der Waals surface area contributed by atoms with Crippen molar-refractivity contribution in [3.8, 4) is 0 Å². The van der Waals surface area contributed by atoms with Crippen molar-refractivity contribution in [1.29, 1.82) is 0 Å². The first-order chi connectivity index (χ1) is 13.2. The summed E-state index contributed by atoms with van der Waals surface area (Å²) >= 11 is 0. The van der Waals surface area contributed by atoms with Crippen LogP contribution in [0.4, 0.5) is 0 Å². The van der Waals surface area contributed by atoms with E-state index in [1.165, 1.54) is 13.8 Å². The maximum absolute atomic E-state index is 12.6. The van der Waals surface area contributed by atoms with Crippen LogP contribution in [-0.2, 0) is 9.53 Å². The van der Waals surface area contributed by atoms with Crippen LogP contribution < -0.4 is 5.32 Å². The summed E-state index contributed by atoms with van der Waals surface area (Å²) in [4.78, 5) is 12.6. The Hall–Kier alpha value is -0.770. The molecule has 0 bridgehead atoms. The van der Waals surface area contributed by atoms with Crippen LogP contribution >= 0.6 is 0 Å². The van der Waals surface area contributed by atoms with Gasteiger partial charge >= 0.3 is 0 Å². The molecule has 0 aromatic heterocycles. The SMILES string of the molecule is CC[C@H]1OC[C@@H](C)[C@H](O)[C@H](C)[C@@H](O)[C@](C)(O)C[C@@H](C)C(=O)N[C@H](C)[C@@H](O)[C@]1(C)O. The third-order valence-corrected chi connectivity index (χ3v) is 6.45. The zero-order chi connectivity index (χ0) is 22.7. The molecule has 0 aromatic rings. The fourth-order valence-corrected chi connectivity index (χ4v) is 4.31. The molecule has 1 rings (SSSR count). The van der Waals surface area contributed by atoms with Crippen LogP contribution in [0.5, 0.6) is 0 Å². The number of carbonyl (C=O) groups is 1. The molecular weight excluding hydrogens is 378 g/mol. The Bertz CT molecular complexity index is 539. The molecule has 0 saturated carbocycles. The van der Waals surface area contributed by atoms with Gasteiger partial charge in [-0.05, 0) is 33.6 Å². The lowest BCUT2D eigenvalue weighted by Gasteiger charge is -2.39. The Morgan fingerprint density at radius 3 is 2.14 bits per heavy atom. The van der Waals surface area contributed by atoms with E-state index in [-0.39, 0.29) is 13.0 Å². The maximum atomic E-state index is 12.6. The molecule has 1 amide bonds. The molecule has 1 aliphatic rings. The van der Waals surface area contributed by atoms with Crippen molar-refractivity contribution < 1.29 is 35.1 Å². The lowest BCUT2D eigenvalue weighted by molar-refractivity contribution is -0.173. The summed E-state index contributed by atoms with van der Waals surface area (Å²) in [6.45, 7) is 11.4. The van der Waals surface area contributed by atoms with Crippen molar-refractivity contribution in [1.82, 2.24) is 5.32 Å². The van der Waals surface area contributed by atoms with Gasteiger partial charge in [-0.3, -0.25) is 4.79 Å². The van der Waals surface area contributed by atoms with Crippen LogP contribution in [0.1, 0.15) is 61.3 Å². The van der Waals surface area contributed by atoms with Gasteiger partial charge in [0.1, 0.15) is 11.7 Å². The zero-order valence-corrected chi connectivity index (χ0v) is 18.8. The van der Waals surface area contributed by atoms with Crippen molar-refractivity contribution in [2.75, 3.05) is 6.61 Å². The quantitative estimate of drug-likeness (QED) is 0.356. The van der Waals surface area contributed by atoms with E-state index in [0.29, 0.717) is 6.42 Å². The predicted molar refractivity (Wildman–Crippen MR) is 109 cm³/mol. The summed E-state index contributed by atoms with van der Waals surface area (Å²) in [5, 5.41) is 56.5. The highest BCUT2D eigenvalue weighted by molar-refractivity contribution is 5.78. The Balaban J connectivity index is 3.26. The second kappa shape index (κ2) is 10.0. The van der Waals surface area contributed by atoms with Crippen LogP contribution in [-0.4, -0.2) is 79.7 Å². The van der Waals surface area contributed by atoms with Gasteiger partial charge < -0.3 is 35.6 Å². The first kappa shape index (κ1) is 26.3. The van der Waals surface area contributed by atoms with E-state index < -0.39 is 65.3 Å². The largest absolute Gasteiger partial charge is 0.392 e. The van der Waals surface area contributed by atoms with E-state index in [1.54, 1.807) is 27.7 Å². The highest BCUT2D eigenvalue weighted by atomic mass is 16.5. The monoisotopic (exact) mass is 419 g/mol. The van der Waals surface area contributed by atoms with Crippen LogP contribution in [0.25, 0.3) is 0 Å². The summed E-state index contributed by atoms with van der Waals surface area (Å²) in [5.41, 5.74) is -3.23. The third kappa shape index (κ3) is 6.12. The van der Waals surface area contributed by atoms with Crippen molar-refractivity contribution >= 4 is 5.91 Å². The minimum absolute atomic E-state index is 0.0290.